The van der Waals surface area contributed by atoms with E-state index in [0.29, 0.717) is 6.61 Å². The van der Waals surface area contributed by atoms with E-state index in [-0.39, 0.29) is 5.75 Å². The summed E-state index contributed by atoms with van der Waals surface area (Å²) in [5.74, 6) is -0.106. The number of unbranched alkanes of at least 4 members (excludes halogenated alkanes) is 5. The van der Waals surface area contributed by atoms with Gasteiger partial charge in [-0.3, -0.25) is 0 Å². The summed E-state index contributed by atoms with van der Waals surface area (Å²) < 4.78 is 59.2. The van der Waals surface area contributed by atoms with Crippen LogP contribution in [0.3, 0.4) is 0 Å². The highest BCUT2D eigenvalue weighted by Crippen LogP contribution is 2.35. The summed E-state index contributed by atoms with van der Waals surface area (Å²) in [6.07, 6.45) is 8.03. The van der Waals surface area contributed by atoms with Crippen molar-refractivity contribution in [3.8, 4) is 11.5 Å². The highest BCUT2D eigenvalue weighted by molar-refractivity contribution is 5.33. The minimum atomic E-state index is -4.92. The highest BCUT2D eigenvalue weighted by atomic mass is 19.4. The molecule has 0 radical (unpaired) electrons. The summed E-state index contributed by atoms with van der Waals surface area (Å²) in [6, 6.07) is 12.4. The van der Waals surface area contributed by atoms with Crippen LogP contribution < -0.4 is 9.47 Å². The number of hydrogen-bond donors (Lipinski definition) is 0. The van der Waals surface area contributed by atoms with Crippen molar-refractivity contribution in [3.05, 3.63) is 59.4 Å². The van der Waals surface area contributed by atoms with Crippen LogP contribution in [0.2, 0.25) is 0 Å². The topological polar surface area (TPSA) is 18.5 Å². The lowest BCUT2D eigenvalue weighted by atomic mass is 9.79. The summed E-state index contributed by atoms with van der Waals surface area (Å²) in [4.78, 5) is 0. The molecule has 1 saturated carbocycles. The van der Waals surface area contributed by atoms with E-state index in [1.807, 2.05) is 0 Å². The average molecular weight is 481 g/mol. The van der Waals surface area contributed by atoms with E-state index in [0.717, 1.165) is 56.1 Å². The summed E-state index contributed by atoms with van der Waals surface area (Å²) in [7, 11) is 0. The Bertz CT molecular complexity index is 856. The van der Waals surface area contributed by atoms with Crippen LogP contribution in [0.5, 0.6) is 11.5 Å². The number of aryl methyl sites for hydroxylation is 1. The van der Waals surface area contributed by atoms with E-state index in [9.17, 15) is 17.6 Å². The zero-order valence-electron chi connectivity index (χ0n) is 20.0. The first-order valence-electron chi connectivity index (χ1n) is 12.6. The normalized spacial score (nSPS) is 18.6. The van der Waals surface area contributed by atoms with Crippen LogP contribution in [0.4, 0.5) is 17.6 Å². The third kappa shape index (κ3) is 9.19. The molecule has 0 bridgehead atoms. The third-order valence-electron chi connectivity index (χ3n) is 6.72. The van der Waals surface area contributed by atoms with Gasteiger partial charge in [0.2, 0.25) is 0 Å². The molecule has 188 valence electrons. The lowest BCUT2D eigenvalue weighted by molar-refractivity contribution is -0.275. The molecule has 0 spiro atoms. The maximum Gasteiger partial charge on any atom is 0.573 e. The van der Waals surface area contributed by atoms with Gasteiger partial charge in [-0.15, -0.1) is 13.2 Å². The maximum absolute atomic E-state index is 13.7. The summed E-state index contributed by atoms with van der Waals surface area (Å²) in [6.45, 7) is 2.77. The summed E-state index contributed by atoms with van der Waals surface area (Å²) in [5, 5.41) is 0. The molecule has 3 rings (SSSR count). The van der Waals surface area contributed by atoms with Crippen LogP contribution in [0.25, 0.3) is 0 Å². The van der Waals surface area contributed by atoms with E-state index in [2.05, 4.69) is 35.9 Å². The monoisotopic (exact) mass is 480 g/mol. The van der Waals surface area contributed by atoms with E-state index >= 15 is 0 Å². The fourth-order valence-corrected chi connectivity index (χ4v) is 4.66. The fourth-order valence-electron chi connectivity index (χ4n) is 4.66. The lowest BCUT2D eigenvalue weighted by Crippen LogP contribution is -2.17. The molecule has 34 heavy (non-hydrogen) atoms. The van der Waals surface area contributed by atoms with Crippen molar-refractivity contribution in [2.45, 2.75) is 89.8 Å². The Labute approximate surface area is 200 Å². The van der Waals surface area contributed by atoms with Crippen LogP contribution in [0.1, 0.15) is 88.2 Å². The standard InChI is InChI=1S/C28H36F4O2/c1-21-9-13-23(14-10-21)24-15-11-22(12-16-24)8-6-4-2-3-5-7-19-33-25-17-18-27(26(29)20-25)34-28(30,31)32/h11-12,15-18,20-21,23H,2-10,13-14,19H2,1H3. The molecule has 0 heterocycles. The first kappa shape index (κ1) is 26.4. The molecule has 0 atom stereocenters. The van der Waals surface area contributed by atoms with E-state index in [1.54, 1.807) is 0 Å². The number of ether oxygens (including phenoxy) is 2. The van der Waals surface area contributed by atoms with Crippen LogP contribution >= 0.6 is 0 Å². The quantitative estimate of drug-likeness (QED) is 0.223. The molecule has 1 aliphatic carbocycles. The number of benzene rings is 2. The predicted octanol–water partition coefficient (Wildman–Crippen LogP) is 8.98. The van der Waals surface area contributed by atoms with Gasteiger partial charge in [0.1, 0.15) is 5.75 Å². The smallest absolute Gasteiger partial charge is 0.493 e. The predicted molar refractivity (Wildman–Crippen MR) is 127 cm³/mol. The Morgan fingerprint density at radius 3 is 2.12 bits per heavy atom. The van der Waals surface area contributed by atoms with Crippen LogP contribution in [0.15, 0.2) is 42.5 Å². The van der Waals surface area contributed by atoms with Crippen LogP contribution in [0, 0.1) is 11.7 Å². The Kier molecular flexibility index (Phi) is 10.1. The lowest BCUT2D eigenvalue weighted by Gasteiger charge is -2.26. The number of alkyl halides is 3. The molecular formula is C28H36F4O2. The van der Waals surface area contributed by atoms with Gasteiger partial charge in [0.25, 0.3) is 0 Å². The molecule has 6 heteroatoms. The maximum atomic E-state index is 13.7. The average Bonchev–Trinajstić information content (AvgIpc) is 2.80. The van der Waals surface area contributed by atoms with Gasteiger partial charge < -0.3 is 9.47 Å². The fraction of sp³-hybridized carbons (Fsp3) is 0.571. The molecule has 0 saturated heterocycles. The van der Waals surface area contributed by atoms with Crippen LogP contribution in [-0.4, -0.2) is 13.0 Å². The number of halogens is 4. The Hall–Kier alpha value is -2.24. The van der Waals surface area contributed by atoms with Crippen molar-refractivity contribution in [3.63, 3.8) is 0 Å². The van der Waals surface area contributed by atoms with Gasteiger partial charge >= 0.3 is 6.36 Å². The van der Waals surface area contributed by atoms with Crippen LogP contribution in [-0.2, 0) is 6.42 Å². The minimum Gasteiger partial charge on any atom is -0.493 e. The molecule has 1 aliphatic rings. The van der Waals surface area contributed by atoms with Gasteiger partial charge in [-0.1, -0.05) is 69.7 Å². The first-order valence-corrected chi connectivity index (χ1v) is 12.6. The highest BCUT2D eigenvalue weighted by Gasteiger charge is 2.32. The van der Waals surface area contributed by atoms with Gasteiger partial charge in [0, 0.05) is 6.07 Å². The Morgan fingerprint density at radius 1 is 0.824 bits per heavy atom. The van der Waals surface area contributed by atoms with Crippen molar-refractivity contribution >= 4 is 0 Å². The summed E-state index contributed by atoms with van der Waals surface area (Å²) >= 11 is 0. The zero-order valence-corrected chi connectivity index (χ0v) is 20.0. The van der Waals surface area contributed by atoms with Gasteiger partial charge in [-0.05, 0) is 67.2 Å². The largest absolute Gasteiger partial charge is 0.573 e. The van der Waals surface area contributed by atoms with Gasteiger partial charge in [-0.25, -0.2) is 4.39 Å². The molecule has 2 aromatic carbocycles. The summed E-state index contributed by atoms with van der Waals surface area (Å²) in [5.41, 5.74) is 2.92. The minimum absolute atomic E-state index is 0.205. The molecular weight excluding hydrogens is 444 g/mol. The molecule has 0 N–H and O–H groups in total. The van der Waals surface area contributed by atoms with Gasteiger partial charge in [-0.2, -0.15) is 0 Å². The molecule has 0 amide bonds. The van der Waals surface area contributed by atoms with E-state index < -0.39 is 17.9 Å². The van der Waals surface area contributed by atoms with Crippen molar-refractivity contribution in [2.75, 3.05) is 6.61 Å². The van der Waals surface area contributed by atoms with E-state index in [1.165, 1.54) is 55.7 Å². The zero-order chi connectivity index (χ0) is 24.4. The van der Waals surface area contributed by atoms with Gasteiger partial charge in [0.05, 0.1) is 6.61 Å². The number of hydrogen-bond acceptors (Lipinski definition) is 2. The SMILES string of the molecule is CC1CCC(c2ccc(CCCCCCCCOc3ccc(OC(F)(F)F)c(F)c3)cc2)CC1. The van der Waals surface area contributed by atoms with Crippen molar-refractivity contribution in [1.29, 1.82) is 0 Å². The third-order valence-corrected chi connectivity index (χ3v) is 6.72. The molecule has 0 aliphatic heterocycles. The van der Waals surface area contributed by atoms with Crippen molar-refractivity contribution < 1.29 is 27.0 Å². The van der Waals surface area contributed by atoms with Crippen molar-refractivity contribution in [1.82, 2.24) is 0 Å². The van der Waals surface area contributed by atoms with E-state index in [4.69, 9.17) is 4.74 Å². The second-order valence-electron chi connectivity index (χ2n) is 9.56. The molecule has 2 aromatic rings. The molecule has 0 unspecified atom stereocenters. The van der Waals surface area contributed by atoms with Crippen molar-refractivity contribution in [2.24, 2.45) is 5.92 Å². The second-order valence-corrected chi connectivity index (χ2v) is 9.56. The second kappa shape index (κ2) is 13.0. The molecule has 0 aromatic heterocycles. The molecule has 2 nitrogen and oxygen atoms in total. The van der Waals surface area contributed by atoms with Gasteiger partial charge in [0.15, 0.2) is 11.6 Å². The first-order chi connectivity index (χ1) is 16.3. The molecule has 1 fully saturated rings. The Morgan fingerprint density at radius 2 is 1.47 bits per heavy atom. The Balaban J connectivity index is 1.22. The number of rotatable bonds is 12.